The number of benzene rings is 1. The van der Waals surface area contributed by atoms with Crippen molar-refractivity contribution in [3.05, 3.63) is 39.4 Å². The molecule has 0 aliphatic rings. The van der Waals surface area contributed by atoms with Gasteiger partial charge in [0.25, 0.3) is 11.6 Å². The van der Waals surface area contributed by atoms with E-state index in [4.69, 9.17) is 0 Å². The van der Waals surface area contributed by atoms with Crippen molar-refractivity contribution in [3.63, 3.8) is 0 Å². The molecule has 1 amide bonds. The van der Waals surface area contributed by atoms with E-state index in [1.54, 1.807) is 13.0 Å². The van der Waals surface area contributed by atoms with E-state index in [1.165, 1.54) is 12.1 Å². The summed E-state index contributed by atoms with van der Waals surface area (Å²) in [6.45, 7) is 7.60. The first-order chi connectivity index (χ1) is 8.32. The van der Waals surface area contributed by atoms with Crippen molar-refractivity contribution in [2.45, 2.75) is 33.7 Å². The monoisotopic (exact) mass is 250 g/mol. The minimum Gasteiger partial charge on any atom is -0.349 e. The number of nitro benzene ring substituents is 1. The second-order valence-corrected chi connectivity index (χ2v) is 4.76. The van der Waals surface area contributed by atoms with Crippen LogP contribution in [0, 0.1) is 23.0 Å². The van der Waals surface area contributed by atoms with Gasteiger partial charge in [-0.25, -0.2) is 0 Å². The van der Waals surface area contributed by atoms with Crippen LogP contribution in [0.1, 0.15) is 36.7 Å². The highest BCUT2D eigenvalue weighted by atomic mass is 16.6. The van der Waals surface area contributed by atoms with Crippen LogP contribution in [-0.4, -0.2) is 16.9 Å². The first-order valence-electron chi connectivity index (χ1n) is 5.88. The predicted molar refractivity (Wildman–Crippen MR) is 69.6 cm³/mol. The number of nitrogens with one attached hydrogen (secondary N) is 1. The second-order valence-electron chi connectivity index (χ2n) is 4.76. The van der Waals surface area contributed by atoms with Crippen molar-refractivity contribution in [3.8, 4) is 0 Å². The Morgan fingerprint density at radius 1 is 1.33 bits per heavy atom. The molecule has 1 aromatic carbocycles. The van der Waals surface area contributed by atoms with Crippen LogP contribution in [-0.2, 0) is 0 Å². The van der Waals surface area contributed by atoms with Gasteiger partial charge >= 0.3 is 0 Å². The van der Waals surface area contributed by atoms with Crippen LogP contribution in [0.5, 0.6) is 0 Å². The fourth-order valence-electron chi connectivity index (χ4n) is 1.46. The number of carbonyl (C=O) groups excluding carboxylic acids is 1. The van der Waals surface area contributed by atoms with Crippen molar-refractivity contribution < 1.29 is 9.72 Å². The molecule has 5 nitrogen and oxygen atoms in total. The molecule has 18 heavy (non-hydrogen) atoms. The lowest BCUT2D eigenvalue weighted by Gasteiger charge is -2.17. The minimum absolute atomic E-state index is 0.0310. The Hall–Kier alpha value is -1.91. The molecule has 1 N–H and O–H groups in total. The van der Waals surface area contributed by atoms with Gasteiger partial charge in [0.2, 0.25) is 0 Å². The highest BCUT2D eigenvalue weighted by molar-refractivity contribution is 5.94. The molecule has 0 saturated heterocycles. The molecule has 0 saturated carbocycles. The van der Waals surface area contributed by atoms with Gasteiger partial charge in [0, 0.05) is 23.2 Å². The molecule has 1 aromatic rings. The Morgan fingerprint density at radius 2 is 1.94 bits per heavy atom. The number of aryl methyl sites for hydroxylation is 1. The zero-order valence-electron chi connectivity index (χ0n) is 11.1. The topological polar surface area (TPSA) is 72.2 Å². The third kappa shape index (κ3) is 3.29. The van der Waals surface area contributed by atoms with E-state index in [0.29, 0.717) is 17.0 Å². The Labute approximate surface area is 106 Å². The van der Waals surface area contributed by atoms with Crippen LogP contribution >= 0.6 is 0 Å². The number of hydrogen-bond acceptors (Lipinski definition) is 3. The normalized spacial score (nSPS) is 12.3. The molecule has 0 spiro atoms. The third-order valence-electron chi connectivity index (χ3n) is 3.01. The van der Waals surface area contributed by atoms with Gasteiger partial charge < -0.3 is 5.32 Å². The lowest BCUT2D eigenvalue weighted by molar-refractivity contribution is -0.385. The number of nitro groups is 1. The molecule has 0 bridgehead atoms. The first kappa shape index (κ1) is 14.2. The molecule has 0 heterocycles. The van der Waals surface area contributed by atoms with E-state index in [2.05, 4.69) is 5.32 Å². The van der Waals surface area contributed by atoms with Crippen LogP contribution in [0.15, 0.2) is 18.2 Å². The number of hydrogen-bond donors (Lipinski definition) is 1. The first-order valence-corrected chi connectivity index (χ1v) is 5.88. The van der Waals surface area contributed by atoms with E-state index < -0.39 is 4.92 Å². The van der Waals surface area contributed by atoms with E-state index >= 15 is 0 Å². The summed E-state index contributed by atoms with van der Waals surface area (Å²) >= 11 is 0. The highest BCUT2D eigenvalue weighted by Gasteiger charge is 2.16. The SMILES string of the molecule is Cc1cc(C(=O)NC(C)C(C)C)ccc1[N+](=O)[O-]. The molecule has 0 fully saturated rings. The maximum absolute atomic E-state index is 11.9. The fraction of sp³-hybridized carbons (Fsp3) is 0.462. The van der Waals surface area contributed by atoms with Gasteiger partial charge in [0.1, 0.15) is 0 Å². The molecule has 0 aliphatic carbocycles. The highest BCUT2D eigenvalue weighted by Crippen LogP contribution is 2.18. The number of rotatable bonds is 4. The van der Waals surface area contributed by atoms with Gasteiger partial charge in [-0.15, -0.1) is 0 Å². The van der Waals surface area contributed by atoms with Crippen molar-refractivity contribution >= 4 is 11.6 Å². The summed E-state index contributed by atoms with van der Waals surface area (Å²) in [4.78, 5) is 22.1. The Balaban J connectivity index is 2.88. The van der Waals surface area contributed by atoms with Gasteiger partial charge in [-0.2, -0.15) is 0 Å². The van der Waals surface area contributed by atoms with Crippen LogP contribution < -0.4 is 5.32 Å². The van der Waals surface area contributed by atoms with Crippen LogP contribution in [0.4, 0.5) is 5.69 Å². The van der Waals surface area contributed by atoms with Crippen LogP contribution in [0.2, 0.25) is 0 Å². The largest absolute Gasteiger partial charge is 0.349 e. The molecular formula is C13H18N2O3. The summed E-state index contributed by atoms with van der Waals surface area (Å²) < 4.78 is 0. The summed E-state index contributed by atoms with van der Waals surface area (Å²) in [5, 5.41) is 13.5. The van der Waals surface area contributed by atoms with Crippen molar-refractivity contribution in [1.29, 1.82) is 0 Å². The summed E-state index contributed by atoms with van der Waals surface area (Å²) in [5.74, 6) is 0.141. The van der Waals surface area contributed by atoms with Crippen LogP contribution in [0.3, 0.4) is 0 Å². The summed E-state index contributed by atoms with van der Waals surface area (Å²) in [7, 11) is 0. The Kier molecular flexibility index (Phi) is 4.42. The number of amides is 1. The van der Waals surface area contributed by atoms with E-state index in [9.17, 15) is 14.9 Å². The van der Waals surface area contributed by atoms with E-state index in [1.807, 2.05) is 20.8 Å². The average molecular weight is 250 g/mol. The molecule has 1 atom stereocenters. The maximum atomic E-state index is 11.9. The predicted octanol–water partition coefficient (Wildman–Crippen LogP) is 2.68. The van der Waals surface area contributed by atoms with Gasteiger partial charge in [0.15, 0.2) is 0 Å². The number of nitrogens with zero attached hydrogens (tertiary/aromatic N) is 1. The lowest BCUT2D eigenvalue weighted by atomic mass is 10.0. The number of carbonyl (C=O) groups is 1. The molecule has 0 aliphatic heterocycles. The average Bonchev–Trinajstić information content (AvgIpc) is 2.27. The molecule has 0 aromatic heterocycles. The van der Waals surface area contributed by atoms with Gasteiger partial charge in [0.05, 0.1) is 4.92 Å². The maximum Gasteiger partial charge on any atom is 0.272 e. The van der Waals surface area contributed by atoms with Gasteiger partial charge in [-0.3, -0.25) is 14.9 Å². The molecule has 0 radical (unpaired) electrons. The minimum atomic E-state index is -0.451. The Bertz CT molecular complexity index is 469. The van der Waals surface area contributed by atoms with Gasteiger partial charge in [-0.1, -0.05) is 13.8 Å². The second kappa shape index (κ2) is 5.62. The van der Waals surface area contributed by atoms with E-state index in [0.717, 1.165) is 0 Å². The summed E-state index contributed by atoms with van der Waals surface area (Å²) in [5.41, 5.74) is 0.971. The molecule has 5 heteroatoms. The standard InChI is InChI=1S/C13H18N2O3/c1-8(2)10(4)14-13(16)11-5-6-12(15(17)18)9(3)7-11/h5-8,10H,1-4H3,(H,14,16). The quantitative estimate of drug-likeness (QED) is 0.659. The van der Waals surface area contributed by atoms with Gasteiger partial charge in [-0.05, 0) is 31.9 Å². The smallest absolute Gasteiger partial charge is 0.272 e. The lowest BCUT2D eigenvalue weighted by Crippen LogP contribution is -2.36. The van der Waals surface area contributed by atoms with Crippen molar-refractivity contribution in [1.82, 2.24) is 5.32 Å². The fourth-order valence-corrected chi connectivity index (χ4v) is 1.46. The molecule has 1 rings (SSSR count). The zero-order valence-corrected chi connectivity index (χ0v) is 11.1. The van der Waals surface area contributed by atoms with Crippen LogP contribution in [0.25, 0.3) is 0 Å². The summed E-state index contributed by atoms with van der Waals surface area (Å²) in [6.07, 6.45) is 0. The molecule has 1 unspecified atom stereocenters. The Morgan fingerprint density at radius 3 is 2.39 bits per heavy atom. The van der Waals surface area contributed by atoms with E-state index in [-0.39, 0.29) is 17.6 Å². The molecular weight excluding hydrogens is 232 g/mol. The molecule has 98 valence electrons. The zero-order chi connectivity index (χ0) is 13.9. The van der Waals surface area contributed by atoms with Crippen molar-refractivity contribution in [2.75, 3.05) is 0 Å². The summed E-state index contributed by atoms with van der Waals surface area (Å²) in [6, 6.07) is 4.45. The van der Waals surface area contributed by atoms with Crippen molar-refractivity contribution in [2.24, 2.45) is 5.92 Å². The third-order valence-corrected chi connectivity index (χ3v) is 3.01.